The molecular weight excluding hydrogens is 298 g/mol. The van der Waals surface area contributed by atoms with Crippen LogP contribution < -0.4 is 16.4 Å². The van der Waals surface area contributed by atoms with Crippen LogP contribution in [0.25, 0.3) is 0 Å². The first-order valence-electron chi connectivity index (χ1n) is 7.50. The van der Waals surface area contributed by atoms with Gasteiger partial charge in [-0.1, -0.05) is 30.3 Å². The molecule has 0 bridgehead atoms. The SMILES string of the molecule is CC(=O)NCCCC[C@@H](NC(=O)OCc1ccccc1)C(N)=O. The van der Waals surface area contributed by atoms with E-state index in [9.17, 15) is 14.4 Å². The summed E-state index contributed by atoms with van der Waals surface area (Å²) in [7, 11) is 0. The number of hydrogen-bond donors (Lipinski definition) is 3. The van der Waals surface area contributed by atoms with E-state index in [1.807, 2.05) is 30.3 Å². The van der Waals surface area contributed by atoms with E-state index in [4.69, 9.17) is 10.5 Å². The van der Waals surface area contributed by atoms with Crippen molar-refractivity contribution in [1.29, 1.82) is 0 Å². The molecule has 1 rings (SSSR count). The van der Waals surface area contributed by atoms with E-state index in [0.29, 0.717) is 25.8 Å². The zero-order valence-corrected chi connectivity index (χ0v) is 13.2. The minimum atomic E-state index is -0.782. The monoisotopic (exact) mass is 321 g/mol. The molecule has 4 N–H and O–H groups in total. The summed E-state index contributed by atoms with van der Waals surface area (Å²) in [6.45, 7) is 2.09. The number of nitrogens with two attached hydrogens (primary N) is 1. The summed E-state index contributed by atoms with van der Waals surface area (Å²) in [6.07, 6.45) is 1.06. The molecule has 0 heterocycles. The van der Waals surface area contributed by atoms with Crippen LogP contribution in [0.2, 0.25) is 0 Å². The number of amides is 3. The summed E-state index contributed by atoms with van der Waals surface area (Å²) in [5.74, 6) is -0.708. The second kappa shape index (κ2) is 10.2. The maximum absolute atomic E-state index is 11.7. The van der Waals surface area contributed by atoms with Crippen molar-refractivity contribution in [2.75, 3.05) is 6.54 Å². The topological polar surface area (TPSA) is 111 Å². The quantitative estimate of drug-likeness (QED) is 0.591. The first-order chi connectivity index (χ1) is 11.0. The van der Waals surface area contributed by atoms with Crippen LogP contribution in [0.15, 0.2) is 30.3 Å². The average Bonchev–Trinajstić information content (AvgIpc) is 2.52. The van der Waals surface area contributed by atoms with E-state index in [2.05, 4.69) is 10.6 Å². The molecule has 7 heteroatoms. The van der Waals surface area contributed by atoms with E-state index in [1.54, 1.807) is 0 Å². The van der Waals surface area contributed by atoms with Crippen molar-refractivity contribution in [1.82, 2.24) is 10.6 Å². The van der Waals surface area contributed by atoms with Gasteiger partial charge in [-0.25, -0.2) is 4.79 Å². The molecule has 3 amide bonds. The molecule has 1 atom stereocenters. The van der Waals surface area contributed by atoms with E-state index in [1.165, 1.54) is 6.92 Å². The van der Waals surface area contributed by atoms with Gasteiger partial charge in [-0.15, -0.1) is 0 Å². The number of primary amides is 1. The van der Waals surface area contributed by atoms with Crippen LogP contribution >= 0.6 is 0 Å². The maximum Gasteiger partial charge on any atom is 0.408 e. The van der Waals surface area contributed by atoms with Crippen molar-refractivity contribution in [2.45, 2.75) is 38.8 Å². The number of rotatable bonds is 9. The Morgan fingerprint density at radius 3 is 2.48 bits per heavy atom. The van der Waals surface area contributed by atoms with Gasteiger partial charge in [0.2, 0.25) is 11.8 Å². The Kier molecular flexibility index (Phi) is 8.20. The summed E-state index contributed by atoms with van der Waals surface area (Å²) >= 11 is 0. The van der Waals surface area contributed by atoms with Crippen molar-refractivity contribution >= 4 is 17.9 Å². The molecule has 0 saturated carbocycles. The number of alkyl carbamates (subject to hydrolysis) is 1. The third-order valence-corrected chi connectivity index (χ3v) is 3.14. The van der Waals surface area contributed by atoms with Gasteiger partial charge in [-0.3, -0.25) is 9.59 Å². The number of unbranched alkanes of at least 4 members (excludes halogenated alkanes) is 1. The first-order valence-corrected chi connectivity index (χ1v) is 7.50. The number of hydrogen-bond acceptors (Lipinski definition) is 4. The van der Waals surface area contributed by atoms with Gasteiger partial charge in [0, 0.05) is 13.5 Å². The molecule has 0 spiro atoms. The van der Waals surface area contributed by atoms with Gasteiger partial charge in [0.05, 0.1) is 0 Å². The van der Waals surface area contributed by atoms with E-state index in [0.717, 1.165) is 5.56 Å². The fourth-order valence-corrected chi connectivity index (χ4v) is 1.93. The smallest absolute Gasteiger partial charge is 0.408 e. The minimum absolute atomic E-state index is 0.0981. The lowest BCUT2D eigenvalue weighted by Gasteiger charge is -2.15. The molecule has 0 aromatic heterocycles. The van der Waals surface area contributed by atoms with E-state index in [-0.39, 0.29) is 12.5 Å². The van der Waals surface area contributed by atoms with Crippen molar-refractivity contribution in [3.63, 3.8) is 0 Å². The van der Waals surface area contributed by atoms with Gasteiger partial charge in [0.15, 0.2) is 0 Å². The summed E-state index contributed by atoms with van der Waals surface area (Å²) in [4.78, 5) is 33.8. The zero-order chi connectivity index (χ0) is 17.1. The number of carbonyl (C=O) groups excluding carboxylic acids is 3. The Morgan fingerprint density at radius 1 is 1.17 bits per heavy atom. The summed E-state index contributed by atoms with van der Waals surface area (Å²) in [5.41, 5.74) is 6.13. The Morgan fingerprint density at radius 2 is 1.87 bits per heavy atom. The molecule has 0 aliphatic carbocycles. The molecule has 0 unspecified atom stereocenters. The number of ether oxygens (including phenoxy) is 1. The fourth-order valence-electron chi connectivity index (χ4n) is 1.93. The second-order valence-corrected chi connectivity index (χ2v) is 5.14. The third-order valence-electron chi connectivity index (χ3n) is 3.14. The van der Waals surface area contributed by atoms with Crippen molar-refractivity contribution in [3.8, 4) is 0 Å². The number of benzene rings is 1. The highest BCUT2D eigenvalue weighted by Gasteiger charge is 2.18. The first kappa shape index (κ1) is 18.5. The fraction of sp³-hybridized carbons (Fsp3) is 0.438. The highest BCUT2D eigenvalue weighted by atomic mass is 16.5. The molecule has 0 aliphatic rings. The summed E-state index contributed by atoms with van der Waals surface area (Å²) < 4.78 is 5.05. The number of carbonyl (C=O) groups is 3. The van der Waals surface area contributed by atoms with E-state index < -0.39 is 18.0 Å². The lowest BCUT2D eigenvalue weighted by Crippen LogP contribution is -2.44. The van der Waals surface area contributed by atoms with Gasteiger partial charge in [0.25, 0.3) is 0 Å². The average molecular weight is 321 g/mol. The largest absolute Gasteiger partial charge is 0.445 e. The minimum Gasteiger partial charge on any atom is -0.445 e. The van der Waals surface area contributed by atoms with Crippen molar-refractivity contribution < 1.29 is 19.1 Å². The molecule has 1 aromatic rings. The van der Waals surface area contributed by atoms with Crippen LogP contribution in [0.3, 0.4) is 0 Å². The normalized spacial score (nSPS) is 11.3. The lowest BCUT2D eigenvalue weighted by atomic mass is 10.1. The molecule has 126 valence electrons. The number of nitrogens with one attached hydrogen (secondary N) is 2. The molecule has 0 aliphatic heterocycles. The maximum atomic E-state index is 11.7. The van der Waals surface area contributed by atoms with Crippen LogP contribution in [0, 0.1) is 0 Å². The Hall–Kier alpha value is -2.57. The van der Waals surface area contributed by atoms with Gasteiger partial charge >= 0.3 is 6.09 Å². The van der Waals surface area contributed by atoms with Gasteiger partial charge < -0.3 is 21.1 Å². The predicted octanol–water partition coefficient (Wildman–Crippen LogP) is 1.07. The van der Waals surface area contributed by atoms with Crippen LogP contribution in [-0.4, -0.2) is 30.5 Å². The molecule has 1 aromatic carbocycles. The van der Waals surface area contributed by atoms with Crippen molar-refractivity contribution in [2.24, 2.45) is 5.73 Å². The van der Waals surface area contributed by atoms with Gasteiger partial charge in [-0.05, 0) is 24.8 Å². The van der Waals surface area contributed by atoms with Gasteiger partial charge in [0.1, 0.15) is 12.6 Å². The molecule has 7 nitrogen and oxygen atoms in total. The van der Waals surface area contributed by atoms with Crippen LogP contribution in [0.1, 0.15) is 31.7 Å². The lowest BCUT2D eigenvalue weighted by molar-refractivity contribution is -0.120. The van der Waals surface area contributed by atoms with Crippen LogP contribution in [0.4, 0.5) is 4.79 Å². The zero-order valence-electron chi connectivity index (χ0n) is 13.2. The summed E-state index contributed by atoms with van der Waals surface area (Å²) in [6, 6.07) is 8.45. The predicted molar refractivity (Wildman–Crippen MR) is 85.3 cm³/mol. The van der Waals surface area contributed by atoms with Crippen LogP contribution in [0.5, 0.6) is 0 Å². The highest BCUT2D eigenvalue weighted by molar-refractivity contribution is 5.84. The Balaban J connectivity index is 2.29. The van der Waals surface area contributed by atoms with Gasteiger partial charge in [-0.2, -0.15) is 0 Å². The Labute approximate surface area is 135 Å². The molecule has 0 saturated heterocycles. The molecule has 0 radical (unpaired) electrons. The standard InChI is InChI=1S/C16H23N3O4/c1-12(20)18-10-6-5-9-14(15(17)21)19-16(22)23-11-13-7-3-2-4-8-13/h2-4,7-8,14H,5-6,9-11H2,1H3,(H2,17,21)(H,18,20)(H,19,22)/t14-/m1/s1. The van der Waals surface area contributed by atoms with Crippen LogP contribution in [-0.2, 0) is 20.9 Å². The molecular formula is C16H23N3O4. The Bertz CT molecular complexity index is 519. The molecule has 0 fully saturated rings. The van der Waals surface area contributed by atoms with E-state index >= 15 is 0 Å². The van der Waals surface area contributed by atoms with Crippen molar-refractivity contribution in [3.05, 3.63) is 35.9 Å². The molecule has 23 heavy (non-hydrogen) atoms. The highest BCUT2D eigenvalue weighted by Crippen LogP contribution is 2.03. The third kappa shape index (κ3) is 8.45. The second-order valence-electron chi connectivity index (χ2n) is 5.14. The summed E-state index contributed by atoms with van der Waals surface area (Å²) in [5, 5.41) is 5.12.